The number of aliphatic hydroxyl groups is 1. The standard InChI is InChI=1S/C19H21NO4/c1-23-18-10-3-2-8-15(18)20-19(22)12-24-17-11-5-6-13-14(17)7-4-9-16(13)21/h2-3,5-6,8,10-11,16,21H,4,7,9,12H2,1H3,(H,20,22)/t16-/m0/s1. The van der Waals surface area contributed by atoms with Gasteiger partial charge in [0, 0.05) is 0 Å². The van der Waals surface area contributed by atoms with E-state index >= 15 is 0 Å². The van der Waals surface area contributed by atoms with Gasteiger partial charge in [-0.1, -0.05) is 24.3 Å². The second kappa shape index (κ2) is 7.36. The van der Waals surface area contributed by atoms with Crippen LogP contribution in [0.25, 0.3) is 0 Å². The SMILES string of the molecule is COc1ccccc1NC(=O)COc1cccc2c1CCC[C@@H]2O. The van der Waals surface area contributed by atoms with Gasteiger partial charge in [-0.25, -0.2) is 0 Å². The zero-order valence-corrected chi connectivity index (χ0v) is 13.6. The molecule has 5 heteroatoms. The lowest BCUT2D eigenvalue weighted by atomic mass is 9.89. The summed E-state index contributed by atoms with van der Waals surface area (Å²) in [7, 11) is 1.56. The van der Waals surface area contributed by atoms with E-state index in [2.05, 4.69) is 5.32 Å². The predicted molar refractivity (Wildman–Crippen MR) is 91.5 cm³/mol. The zero-order valence-electron chi connectivity index (χ0n) is 13.6. The number of carbonyl (C=O) groups excluding carboxylic acids is 1. The Balaban J connectivity index is 1.66. The number of para-hydroxylation sites is 2. The molecule has 5 nitrogen and oxygen atoms in total. The largest absolute Gasteiger partial charge is 0.495 e. The monoisotopic (exact) mass is 327 g/mol. The molecule has 3 rings (SSSR count). The lowest BCUT2D eigenvalue weighted by Gasteiger charge is -2.23. The number of anilines is 1. The molecule has 24 heavy (non-hydrogen) atoms. The highest BCUT2D eigenvalue weighted by atomic mass is 16.5. The smallest absolute Gasteiger partial charge is 0.262 e. The first-order chi connectivity index (χ1) is 11.7. The van der Waals surface area contributed by atoms with Crippen molar-refractivity contribution in [1.82, 2.24) is 0 Å². The van der Waals surface area contributed by atoms with Crippen LogP contribution in [0.3, 0.4) is 0 Å². The number of hydrogen-bond acceptors (Lipinski definition) is 4. The summed E-state index contributed by atoms with van der Waals surface area (Å²) in [6, 6.07) is 12.8. The van der Waals surface area contributed by atoms with E-state index in [4.69, 9.17) is 9.47 Å². The number of amides is 1. The molecule has 1 aliphatic rings. The molecule has 0 fully saturated rings. The first-order valence-corrected chi connectivity index (χ1v) is 8.04. The van der Waals surface area contributed by atoms with Crippen LogP contribution in [0.15, 0.2) is 42.5 Å². The first-order valence-electron chi connectivity index (χ1n) is 8.04. The molecule has 1 atom stereocenters. The number of hydrogen-bond donors (Lipinski definition) is 2. The molecule has 0 heterocycles. The maximum Gasteiger partial charge on any atom is 0.262 e. The van der Waals surface area contributed by atoms with Crippen molar-refractivity contribution in [1.29, 1.82) is 0 Å². The van der Waals surface area contributed by atoms with E-state index in [-0.39, 0.29) is 12.5 Å². The van der Waals surface area contributed by atoms with Crippen molar-refractivity contribution in [3.63, 3.8) is 0 Å². The van der Waals surface area contributed by atoms with Gasteiger partial charge in [0.2, 0.25) is 0 Å². The number of methoxy groups -OCH3 is 1. The minimum absolute atomic E-state index is 0.0927. The lowest BCUT2D eigenvalue weighted by Crippen LogP contribution is -2.21. The summed E-state index contributed by atoms with van der Waals surface area (Å²) in [6.07, 6.45) is 2.10. The zero-order chi connectivity index (χ0) is 16.9. The molecular weight excluding hydrogens is 306 g/mol. The molecule has 1 amide bonds. The summed E-state index contributed by atoms with van der Waals surface area (Å²) in [5, 5.41) is 12.8. The number of carbonyl (C=O) groups is 1. The fraction of sp³-hybridized carbons (Fsp3) is 0.316. The molecule has 0 saturated heterocycles. The van der Waals surface area contributed by atoms with Crippen molar-refractivity contribution in [2.75, 3.05) is 19.0 Å². The molecule has 2 N–H and O–H groups in total. The molecule has 2 aromatic rings. The van der Waals surface area contributed by atoms with Crippen molar-refractivity contribution < 1.29 is 19.4 Å². The molecule has 126 valence electrons. The van der Waals surface area contributed by atoms with Crippen molar-refractivity contribution >= 4 is 11.6 Å². The maximum absolute atomic E-state index is 12.1. The quantitative estimate of drug-likeness (QED) is 0.885. The molecule has 0 saturated carbocycles. The lowest BCUT2D eigenvalue weighted by molar-refractivity contribution is -0.118. The number of rotatable bonds is 5. The summed E-state index contributed by atoms with van der Waals surface area (Å²) < 4.78 is 10.9. The van der Waals surface area contributed by atoms with Gasteiger partial charge < -0.3 is 19.9 Å². The van der Waals surface area contributed by atoms with Crippen molar-refractivity contribution in [3.8, 4) is 11.5 Å². The van der Waals surface area contributed by atoms with Crippen molar-refractivity contribution in [2.45, 2.75) is 25.4 Å². The van der Waals surface area contributed by atoms with E-state index in [0.717, 1.165) is 30.4 Å². The Kier molecular flexibility index (Phi) is 5.01. The molecule has 0 unspecified atom stereocenters. The molecular formula is C19H21NO4. The normalized spacial score (nSPS) is 16.2. The van der Waals surface area contributed by atoms with Crippen LogP contribution in [0.2, 0.25) is 0 Å². The number of nitrogens with one attached hydrogen (secondary N) is 1. The average Bonchev–Trinajstić information content (AvgIpc) is 2.61. The van der Waals surface area contributed by atoms with E-state index in [1.54, 1.807) is 19.2 Å². The molecule has 0 aromatic heterocycles. The highest BCUT2D eigenvalue weighted by molar-refractivity contribution is 5.93. The topological polar surface area (TPSA) is 67.8 Å². The number of fused-ring (bicyclic) bond motifs is 1. The molecule has 0 aliphatic heterocycles. The van der Waals surface area contributed by atoms with Gasteiger partial charge in [-0.15, -0.1) is 0 Å². The molecule has 2 aromatic carbocycles. The number of aliphatic hydroxyl groups excluding tert-OH is 1. The summed E-state index contributed by atoms with van der Waals surface area (Å²) in [5.74, 6) is 1.01. The number of ether oxygens (including phenoxy) is 2. The summed E-state index contributed by atoms with van der Waals surface area (Å²) in [6.45, 7) is -0.0927. The second-order valence-corrected chi connectivity index (χ2v) is 5.77. The van der Waals surface area contributed by atoms with E-state index < -0.39 is 6.10 Å². The van der Waals surface area contributed by atoms with Gasteiger partial charge in [0.05, 0.1) is 18.9 Å². The Morgan fingerprint density at radius 2 is 2.00 bits per heavy atom. The number of benzene rings is 2. The third-order valence-electron chi connectivity index (χ3n) is 4.17. The van der Waals surface area contributed by atoms with Gasteiger partial charge in [0.15, 0.2) is 6.61 Å². The van der Waals surface area contributed by atoms with Crippen LogP contribution < -0.4 is 14.8 Å². The third kappa shape index (κ3) is 3.51. The van der Waals surface area contributed by atoms with E-state index in [1.807, 2.05) is 30.3 Å². The van der Waals surface area contributed by atoms with Crippen LogP contribution in [-0.2, 0) is 11.2 Å². The molecule has 0 radical (unpaired) electrons. The molecule has 0 spiro atoms. The van der Waals surface area contributed by atoms with E-state index in [0.29, 0.717) is 17.2 Å². The first kappa shape index (κ1) is 16.3. The van der Waals surface area contributed by atoms with Gasteiger partial charge in [0.25, 0.3) is 5.91 Å². The predicted octanol–water partition coefficient (Wildman–Crippen LogP) is 3.08. The Morgan fingerprint density at radius 1 is 1.21 bits per heavy atom. The highest BCUT2D eigenvalue weighted by Crippen LogP contribution is 2.35. The Bertz CT molecular complexity index is 729. The minimum Gasteiger partial charge on any atom is -0.495 e. The van der Waals surface area contributed by atoms with Crippen LogP contribution >= 0.6 is 0 Å². The second-order valence-electron chi connectivity index (χ2n) is 5.77. The summed E-state index contributed by atoms with van der Waals surface area (Å²) in [5.41, 5.74) is 2.52. The van der Waals surface area contributed by atoms with Crippen LogP contribution in [0.1, 0.15) is 30.1 Å². The van der Waals surface area contributed by atoms with Crippen LogP contribution in [0, 0.1) is 0 Å². The van der Waals surface area contributed by atoms with Crippen molar-refractivity contribution in [3.05, 3.63) is 53.6 Å². The van der Waals surface area contributed by atoms with E-state index in [9.17, 15) is 9.90 Å². The Morgan fingerprint density at radius 3 is 2.83 bits per heavy atom. The van der Waals surface area contributed by atoms with Crippen molar-refractivity contribution in [2.24, 2.45) is 0 Å². The van der Waals surface area contributed by atoms with Gasteiger partial charge in [0.1, 0.15) is 11.5 Å². The van der Waals surface area contributed by atoms with Crippen LogP contribution in [-0.4, -0.2) is 24.7 Å². The van der Waals surface area contributed by atoms with Crippen LogP contribution in [0.5, 0.6) is 11.5 Å². The van der Waals surface area contributed by atoms with E-state index in [1.165, 1.54) is 0 Å². The fourth-order valence-corrected chi connectivity index (χ4v) is 3.00. The maximum atomic E-state index is 12.1. The molecule has 0 bridgehead atoms. The molecule has 1 aliphatic carbocycles. The van der Waals surface area contributed by atoms with Gasteiger partial charge >= 0.3 is 0 Å². The average molecular weight is 327 g/mol. The fourth-order valence-electron chi connectivity index (χ4n) is 3.00. The van der Waals surface area contributed by atoms with Gasteiger partial charge in [-0.05, 0) is 48.6 Å². The minimum atomic E-state index is -0.445. The Labute approximate surface area is 141 Å². The summed E-state index contributed by atoms with van der Waals surface area (Å²) in [4.78, 5) is 12.1. The highest BCUT2D eigenvalue weighted by Gasteiger charge is 2.21. The summed E-state index contributed by atoms with van der Waals surface area (Å²) >= 11 is 0. The van der Waals surface area contributed by atoms with Gasteiger partial charge in [-0.3, -0.25) is 4.79 Å². The van der Waals surface area contributed by atoms with Gasteiger partial charge in [-0.2, -0.15) is 0 Å². The Hall–Kier alpha value is -2.53. The van der Waals surface area contributed by atoms with Crippen LogP contribution in [0.4, 0.5) is 5.69 Å². The third-order valence-corrected chi connectivity index (χ3v) is 4.17.